The second-order valence-electron chi connectivity index (χ2n) is 6.85. The van der Waals surface area contributed by atoms with Crippen LogP contribution in [-0.4, -0.2) is 25.7 Å². The van der Waals surface area contributed by atoms with Crippen LogP contribution in [0.2, 0.25) is 0 Å². The smallest absolute Gasteiger partial charge is 0.195 e. The Bertz CT molecular complexity index is 999. The lowest BCUT2D eigenvalue weighted by molar-refractivity contribution is 0.286. The molecule has 0 amide bonds. The van der Waals surface area contributed by atoms with Crippen molar-refractivity contribution in [2.24, 2.45) is 0 Å². The van der Waals surface area contributed by atoms with E-state index < -0.39 is 0 Å². The Morgan fingerprint density at radius 1 is 1.00 bits per heavy atom. The fourth-order valence-electron chi connectivity index (χ4n) is 3.43. The molecular weight excluding hydrogens is 334 g/mol. The van der Waals surface area contributed by atoms with E-state index in [4.69, 9.17) is 10.1 Å². The highest BCUT2D eigenvalue weighted by Crippen LogP contribution is 2.36. The molecule has 0 fully saturated rings. The molecule has 0 bridgehead atoms. The molecule has 4 rings (SSSR count). The van der Waals surface area contributed by atoms with Gasteiger partial charge < -0.3 is 15.0 Å². The Kier molecular flexibility index (Phi) is 4.55. The first kappa shape index (κ1) is 17.2. The minimum Gasteiger partial charge on any atom is -0.491 e. The zero-order valence-corrected chi connectivity index (χ0v) is 15.6. The molecule has 0 aromatic heterocycles. The summed E-state index contributed by atoms with van der Waals surface area (Å²) in [5, 5.41) is 14.1. The minimum absolute atomic E-state index is 0.0126. The molecule has 1 atom stereocenters. The number of guanidine groups is 1. The molecule has 1 aliphatic rings. The van der Waals surface area contributed by atoms with Gasteiger partial charge in [0.2, 0.25) is 0 Å². The van der Waals surface area contributed by atoms with Gasteiger partial charge in [0.15, 0.2) is 5.96 Å². The molecule has 136 valence electrons. The number of nitrogens with one attached hydrogen (secondary N) is 2. The van der Waals surface area contributed by atoms with Crippen molar-refractivity contribution < 1.29 is 4.74 Å². The number of hydrogen-bond acceptors (Lipinski definition) is 2. The Hall–Kier alpha value is -3.27. The van der Waals surface area contributed by atoms with Crippen LogP contribution in [0.3, 0.4) is 0 Å². The van der Waals surface area contributed by atoms with Crippen LogP contribution in [0.5, 0.6) is 5.75 Å². The van der Waals surface area contributed by atoms with Gasteiger partial charge >= 0.3 is 0 Å². The predicted molar refractivity (Wildman–Crippen MR) is 114 cm³/mol. The van der Waals surface area contributed by atoms with Crippen molar-refractivity contribution in [3.05, 3.63) is 71.8 Å². The summed E-state index contributed by atoms with van der Waals surface area (Å²) in [5.74, 6) is 1.19. The third-order valence-corrected chi connectivity index (χ3v) is 4.85. The molecule has 0 radical (unpaired) electrons. The molecule has 1 unspecified atom stereocenters. The van der Waals surface area contributed by atoms with Crippen molar-refractivity contribution in [3.8, 4) is 5.75 Å². The maximum atomic E-state index is 8.49. The minimum atomic E-state index is 0.0126. The maximum absolute atomic E-state index is 8.49. The van der Waals surface area contributed by atoms with Crippen LogP contribution in [0.4, 0.5) is 5.69 Å². The number of rotatable bonds is 5. The van der Waals surface area contributed by atoms with Crippen molar-refractivity contribution in [2.45, 2.75) is 13.0 Å². The van der Waals surface area contributed by atoms with Gasteiger partial charge in [-0.25, -0.2) is 0 Å². The number of para-hydroxylation sites is 1. The molecule has 0 heterocycles. The highest BCUT2D eigenvalue weighted by molar-refractivity contribution is 6.12. The normalized spacial score (nSPS) is 12.8. The fraction of sp³-hybridized carbons (Fsp3) is 0.174. The molecule has 4 heteroatoms. The zero-order valence-electron chi connectivity index (χ0n) is 15.6. The summed E-state index contributed by atoms with van der Waals surface area (Å²) >= 11 is 0. The largest absolute Gasteiger partial charge is 0.491 e. The average Bonchev–Trinajstić information content (AvgIpc) is 3.12. The molecule has 4 nitrogen and oxygen atoms in total. The lowest BCUT2D eigenvalue weighted by atomic mass is 10.0. The third kappa shape index (κ3) is 3.38. The topological polar surface area (TPSA) is 48.4 Å². The van der Waals surface area contributed by atoms with Gasteiger partial charge in [-0.2, -0.15) is 0 Å². The van der Waals surface area contributed by atoms with E-state index in [0.29, 0.717) is 12.6 Å². The van der Waals surface area contributed by atoms with Crippen LogP contribution >= 0.6 is 0 Å². The molecule has 0 aliphatic heterocycles. The molecule has 27 heavy (non-hydrogen) atoms. The van der Waals surface area contributed by atoms with Gasteiger partial charge in [0.25, 0.3) is 0 Å². The Balaban J connectivity index is 1.46. The summed E-state index contributed by atoms with van der Waals surface area (Å²) < 4.78 is 5.78. The quantitative estimate of drug-likeness (QED) is 0.400. The summed E-state index contributed by atoms with van der Waals surface area (Å²) in [6, 6.07) is 20.3. The van der Waals surface area contributed by atoms with Gasteiger partial charge in [-0.05, 0) is 41.6 Å². The predicted octanol–water partition coefficient (Wildman–Crippen LogP) is 4.75. The summed E-state index contributed by atoms with van der Waals surface area (Å²) in [5.41, 5.74) is 3.50. The van der Waals surface area contributed by atoms with Crippen molar-refractivity contribution in [1.29, 1.82) is 5.41 Å². The third-order valence-electron chi connectivity index (χ3n) is 4.85. The van der Waals surface area contributed by atoms with E-state index in [9.17, 15) is 0 Å². The average molecular weight is 357 g/mol. The number of ether oxygens (including phenoxy) is 1. The highest BCUT2D eigenvalue weighted by Gasteiger charge is 2.17. The second-order valence-corrected chi connectivity index (χ2v) is 6.85. The van der Waals surface area contributed by atoms with E-state index in [1.807, 2.05) is 49.2 Å². The molecule has 3 aromatic carbocycles. The molecule has 0 spiro atoms. The van der Waals surface area contributed by atoms with E-state index in [2.05, 4.69) is 47.8 Å². The van der Waals surface area contributed by atoms with E-state index in [1.165, 1.54) is 16.5 Å². The lowest BCUT2D eigenvalue weighted by Gasteiger charge is -2.25. The van der Waals surface area contributed by atoms with E-state index in [-0.39, 0.29) is 6.04 Å². The summed E-state index contributed by atoms with van der Waals surface area (Å²) in [6.07, 6.45) is 4.29. The number of anilines is 1. The van der Waals surface area contributed by atoms with Crippen LogP contribution in [-0.2, 0) is 0 Å². The molecule has 3 aromatic rings. The van der Waals surface area contributed by atoms with Crippen LogP contribution in [0.15, 0.2) is 60.7 Å². The van der Waals surface area contributed by atoms with Crippen molar-refractivity contribution in [1.82, 2.24) is 5.32 Å². The number of hydrogen-bond donors (Lipinski definition) is 2. The number of nitrogens with zero attached hydrogens (tertiary/aromatic N) is 1. The highest BCUT2D eigenvalue weighted by atomic mass is 16.5. The molecule has 0 saturated carbocycles. The first-order valence-electron chi connectivity index (χ1n) is 9.14. The second kappa shape index (κ2) is 7.16. The molecule has 0 saturated heterocycles. The lowest BCUT2D eigenvalue weighted by Crippen LogP contribution is -2.44. The first-order chi connectivity index (χ1) is 13.1. The van der Waals surface area contributed by atoms with Crippen LogP contribution in [0.1, 0.15) is 18.1 Å². The van der Waals surface area contributed by atoms with Gasteiger partial charge in [-0.15, -0.1) is 0 Å². The maximum Gasteiger partial charge on any atom is 0.195 e. The van der Waals surface area contributed by atoms with Crippen LogP contribution in [0, 0.1) is 5.41 Å². The Morgan fingerprint density at radius 3 is 2.52 bits per heavy atom. The van der Waals surface area contributed by atoms with Crippen LogP contribution in [0.25, 0.3) is 22.9 Å². The van der Waals surface area contributed by atoms with Gasteiger partial charge in [0.1, 0.15) is 12.4 Å². The summed E-state index contributed by atoms with van der Waals surface area (Å²) in [6.45, 7) is 2.51. The fourth-order valence-corrected chi connectivity index (χ4v) is 3.43. The summed E-state index contributed by atoms with van der Waals surface area (Å²) in [7, 11) is 1.92. The Labute approximate surface area is 159 Å². The SMILES string of the molecule is CC(COc1ccccc1)NC(=N)N(C)c1ccc2c3c(cccc13)C=C2. The van der Waals surface area contributed by atoms with Gasteiger partial charge in [-0.3, -0.25) is 5.41 Å². The summed E-state index contributed by atoms with van der Waals surface area (Å²) in [4.78, 5) is 1.89. The zero-order chi connectivity index (χ0) is 18.8. The van der Waals surface area contributed by atoms with Gasteiger partial charge in [0, 0.05) is 12.4 Å². The molecule has 1 aliphatic carbocycles. The van der Waals surface area contributed by atoms with E-state index in [0.717, 1.165) is 16.8 Å². The van der Waals surface area contributed by atoms with Crippen molar-refractivity contribution in [2.75, 3.05) is 18.6 Å². The van der Waals surface area contributed by atoms with Crippen molar-refractivity contribution >= 4 is 34.6 Å². The first-order valence-corrected chi connectivity index (χ1v) is 9.14. The van der Waals surface area contributed by atoms with Gasteiger partial charge in [-0.1, -0.05) is 54.6 Å². The number of benzene rings is 3. The van der Waals surface area contributed by atoms with Gasteiger partial charge in [0.05, 0.1) is 11.7 Å². The Morgan fingerprint density at radius 2 is 1.74 bits per heavy atom. The van der Waals surface area contributed by atoms with Crippen LogP contribution < -0.4 is 15.0 Å². The molecule has 2 N–H and O–H groups in total. The van der Waals surface area contributed by atoms with E-state index >= 15 is 0 Å². The molecular formula is C23H23N3O. The monoisotopic (exact) mass is 357 g/mol. The standard InChI is InChI=1S/C23H23N3O/c1-16(15-27-19-8-4-3-5-9-19)25-23(24)26(2)21-14-13-18-12-11-17-7-6-10-20(21)22(17)18/h3-14,16H,15H2,1-2H3,(H2,24,25). The van der Waals surface area contributed by atoms with E-state index in [1.54, 1.807) is 0 Å². The van der Waals surface area contributed by atoms with Crippen molar-refractivity contribution in [3.63, 3.8) is 0 Å².